The number of carbonyl (C=O) groups excluding carboxylic acids is 1. The molecule has 0 radical (unpaired) electrons. The van der Waals surface area contributed by atoms with E-state index in [0.717, 1.165) is 11.1 Å². The molecule has 2 aromatic carbocycles. The molecule has 1 atom stereocenters. The number of fused-ring (bicyclic) bond motifs is 2. The van der Waals surface area contributed by atoms with Crippen molar-refractivity contribution in [3.8, 4) is 5.75 Å². The van der Waals surface area contributed by atoms with E-state index in [1.807, 2.05) is 43.3 Å². The lowest BCUT2D eigenvalue weighted by molar-refractivity contribution is 0.0714. The third-order valence-corrected chi connectivity index (χ3v) is 5.46. The maximum atomic E-state index is 13.5. The Morgan fingerprint density at radius 2 is 1.84 bits per heavy atom. The van der Waals surface area contributed by atoms with E-state index in [-0.39, 0.29) is 17.1 Å². The summed E-state index contributed by atoms with van der Waals surface area (Å²) < 4.78 is 11.6. The van der Waals surface area contributed by atoms with Crippen molar-refractivity contribution in [2.24, 2.45) is 0 Å². The van der Waals surface area contributed by atoms with Gasteiger partial charge in [-0.1, -0.05) is 24.3 Å². The van der Waals surface area contributed by atoms with Crippen molar-refractivity contribution < 1.29 is 13.9 Å². The minimum absolute atomic E-state index is 0.101. The number of benzene rings is 2. The lowest BCUT2D eigenvalue weighted by Gasteiger charge is -2.25. The van der Waals surface area contributed by atoms with E-state index in [9.17, 15) is 9.59 Å². The van der Waals surface area contributed by atoms with Gasteiger partial charge in [-0.15, -0.1) is 0 Å². The van der Waals surface area contributed by atoms with Crippen molar-refractivity contribution in [3.63, 3.8) is 0 Å². The zero-order chi connectivity index (χ0) is 21.4. The van der Waals surface area contributed by atoms with Crippen LogP contribution in [0.3, 0.4) is 0 Å². The molecule has 0 N–H and O–H groups in total. The van der Waals surface area contributed by atoms with Crippen LogP contribution >= 0.6 is 0 Å². The number of para-hydroxylation sites is 1. The third-order valence-electron chi connectivity index (χ3n) is 5.46. The molecule has 154 valence electrons. The molecule has 0 saturated carbocycles. The number of ether oxygens (including phenoxy) is 1. The van der Waals surface area contributed by atoms with Crippen LogP contribution < -0.4 is 10.2 Å². The molecule has 5 rings (SSSR count). The highest BCUT2D eigenvalue weighted by Gasteiger charge is 2.42. The van der Waals surface area contributed by atoms with Gasteiger partial charge in [0.25, 0.3) is 5.91 Å². The van der Waals surface area contributed by atoms with Crippen LogP contribution in [-0.4, -0.2) is 22.4 Å². The Morgan fingerprint density at radius 3 is 2.65 bits per heavy atom. The van der Waals surface area contributed by atoms with E-state index >= 15 is 0 Å². The molecule has 0 spiro atoms. The largest absolute Gasteiger partial charge is 0.494 e. The smallest absolute Gasteiger partial charge is 0.291 e. The van der Waals surface area contributed by atoms with Gasteiger partial charge in [0.2, 0.25) is 5.76 Å². The third kappa shape index (κ3) is 3.26. The summed E-state index contributed by atoms with van der Waals surface area (Å²) in [4.78, 5) is 32.6. The standard InChI is InChI=1S/C25H20N2O4/c1-2-30-18-7-5-6-17(14-18)22-21-23(28)19-8-3-4-9-20(19)31-24(21)25(29)27(22)15-16-10-12-26-13-11-16/h3-14,22H,2,15H2,1H3. The summed E-state index contributed by atoms with van der Waals surface area (Å²) in [7, 11) is 0. The summed E-state index contributed by atoms with van der Waals surface area (Å²) in [6, 6.07) is 17.7. The van der Waals surface area contributed by atoms with E-state index in [1.165, 1.54) is 0 Å². The zero-order valence-corrected chi connectivity index (χ0v) is 16.9. The lowest BCUT2D eigenvalue weighted by atomic mass is 9.98. The molecule has 1 aliphatic rings. The second-order valence-electron chi connectivity index (χ2n) is 7.37. The predicted octanol–water partition coefficient (Wildman–Crippen LogP) is 4.33. The van der Waals surface area contributed by atoms with E-state index in [4.69, 9.17) is 9.15 Å². The Hall–Kier alpha value is -3.93. The Balaban J connectivity index is 1.71. The van der Waals surface area contributed by atoms with E-state index in [0.29, 0.717) is 35.4 Å². The Kier molecular flexibility index (Phi) is 4.75. The molecule has 1 unspecified atom stereocenters. The van der Waals surface area contributed by atoms with Crippen molar-refractivity contribution in [1.82, 2.24) is 9.88 Å². The summed E-state index contributed by atoms with van der Waals surface area (Å²) in [6.07, 6.45) is 3.37. The molecule has 0 aliphatic carbocycles. The fraction of sp³-hybridized carbons (Fsp3) is 0.160. The molecule has 1 aliphatic heterocycles. The quantitative estimate of drug-likeness (QED) is 0.488. The first kappa shape index (κ1) is 19.1. The Labute approximate surface area is 178 Å². The van der Waals surface area contributed by atoms with Crippen LogP contribution in [0, 0.1) is 0 Å². The van der Waals surface area contributed by atoms with Crippen molar-refractivity contribution >= 4 is 16.9 Å². The summed E-state index contributed by atoms with van der Waals surface area (Å²) in [5, 5.41) is 0.464. The maximum Gasteiger partial charge on any atom is 0.291 e. The molecule has 3 heterocycles. The van der Waals surface area contributed by atoms with Crippen molar-refractivity contribution in [2.75, 3.05) is 6.61 Å². The van der Waals surface area contributed by atoms with E-state index < -0.39 is 6.04 Å². The molecule has 6 nitrogen and oxygen atoms in total. The highest BCUT2D eigenvalue weighted by Crippen LogP contribution is 2.39. The van der Waals surface area contributed by atoms with Gasteiger partial charge in [0.1, 0.15) is 11.3 Å². The first-order valence-corrected chi connectivity index (χ1v) is 10.2. The van der Waals surface area contributed by atoms with Crippen LogP contribution in [0.5, 0.6) is 5.75 Å². The average Bonchev–Trinajstić information content (AvgIpc) is 3.07. The Morgan fingerprint density at radius 1 is 1.03 bits per heavy atom. The molecular formula is C25H20N2O4. The SMILES string of the molecule is CCOc1cccc(C2c3c(oc4ccccc4c3=O)C(=O)N2Cc2ccncc2)c1. The highest BCUT2D eigenvalue weighted by atomic mass is 16.5. The average molecular weight is 412 g/mol. The van der Waals surface area contributed by atoms with Crippen LogP contribution in [0.2, 0.25) is 0 Å². The number of hydrogen-bond donors (Lipinski definition) is 0. The van der Waals surface area contributed by atoms with Crippen LogP contribution in [0.1, 0.15) is 40.2 Å². The minimum Gasteiger partial charge on any atom is -0.494 e. The van der Waals surface area contributed by atoms with Gasteiger partial charge in [-0.25, -0.2) is 0 Å². The fourth-order valence-electron chi connectivity index (χ4n) is 4.10. The molecule has 4 aromatic rings. The second kappa shape index (κ2) is 7.72. The van der Waals surface area contributed by atoms with Gasteiger partial charge >= 0.3 is 0 Å². The minimum atomic E-state index is -0.572. The van der Waals surface area contributed by atoms with Gasteiger partial charge in [0.05, 0.1) is 23.6 Å². The first-order chi connectivity index (χ1) is 15.2. The van der Waals surface area contributed by atoms with Gasteiger partial charge in [-0.2, -0.15) is 0 Å². The van der Waals surface area contributed by atoms with Crippen LogP contribution in [0.15, 0.2) is 82.3 Å². The number of aromatic nitrogens is 1. The van der Waals surface area contributed by atoms with E-state index in [2.05, 4.69) is 4.98 Å². The van der Waals surface area contributed by atoms with Crippen molar-refractivity contribution in [1.29, 1.82) is 0 Å². The molecule has 1 amide bonds. The van der Waals surface area contributed by atoms with Crippen molar-refractivity contribution in [2.45, 2.75) is 19.5 Å². The van der Waals surface area contributed by atoms with Crippen LogP contribution in [0.25, 0.3) is 11.0 Å². The Bertz CT molecular complexity index is 1330. The van der Waals surface area contributed by atoms with Gasteiger partial charge in [0, 0.05) is 18.9 Å². The molecule has 0 bridgehead atoms. The number of nitrogens with zero attached hydrogens (tertiary/aromatic N) is 2. The summed E-state index contributed by atoms with van der Waals surface area (Å²) in [5.74, 6) is 0.487. The second-order valence-corrected chi connectivity index (χ2v) is 7.37. The highest BCUT2D eigenvalue weighted by molar-refractivity contribution is 5.99. The monoisotopic (exact) mass is 412 g/mol. The van der Waals surface area contributed by atoms with Crippen LogP contribution in [-0.2, 0) is 6.54 Å². The predicted molar refractivity (Wildman–Crippen MR) is 116 cm³/mol. The fourth-order valence-corrected chi connectivity index (χ4v) is 4.10. The van der Waals surface area contributed by atoms with Gasteiger partial charge < -0.3 is 14.1 Å². The summed E-state index contributed by atoms with van der Waals surface area (Å²) in [5.41, 5.74) is 2.31. The summed E-state index contributed by atoms with van der Waals surface area (Å²) >= 11 is 0. The van der Waals surface area contributed by atoms with E-state index in [1.54, 1.807) is 41.6 Å². The number of carbonyl (C=O) groups is 1. The first-order valence-electron chi connectivity index (χ1n) is 10.2. The summed E-state index contributed by atoms with van der Waals surface area (Å²) in [6.45, 7) is 2.76. The number of rotatable bonds is 5. The molecule has 6 heteroatoms. The number of pyridine rings is 1. The van der Waals surface area contributed by atoms with Gasteiger partial charge in [-0.3, -0.25) is 14.6 Å². The molecular weight excluding hydrogens is 392 g/mol. The van der Waals surface area contributed by atoms with Crippen LogP contribution in [0.4, 0.5) is 0 Å². The number of hydrogen-bond acceptors (Lipinski definition) is 5. The molecule has 0 fully saturated rings. The van der Waals surface area contributed by atoms with Gasteiger partial charge in [0.15, 0.2) is 5.43 Å². The van der Waals surface area contributed by atoms with Crippen molar-refractivity contribution in [3.05, 3.63) is 106 Å². The lowest BCUT2D eigenvalue weighted by Crippen LogP contribution is -2.29. The zero-order valence-electron chi connectivity index (χ0n) is 16.9. The maximum absolute atomic E-state index is 13.5. The number of amides is 1. The topological polar surface area (TPSA) is 72.6 Å². The molecule has 31 heavy (non-hydrogen) atoms. The molecule has 0 saturated heterocycles. The molecule has 2 aromatic heterocycles. The van der Waals surface area contributed by atoms with Gasteiger partial charge in [-0.05, 0) is 54.4 Å². The normalized spacial score (nSPS) is 15.3.